The molecule has 2 N–H and O–H groups in total. The molecule has 0 saturated carbocycles. The van der Waals surface area contributed by atoms with Crippen LogP contribution in [0.15, 0.2) is 18.2 Å². The van der Waals surface area contributed by atoms with Crippen LogP contribution in [0.4, 0.5) is 5.69 Å². The standard InChI is InChI=1S/C9H10ClNO/c10-7-1-2-9-8(3-7)6(5-12)4-11-9/h1-3,6,11-12H,4-5H2. The summed E-state index contributed by atoms with van der Waals surface area (Å²) in [5.41, 5.74) is 2.23. The lowest BCUT2D eigenvalue weighted by Crippen LogP contribution is -2.05. The van der Waals surface area contributed by atoms with E-state index < -0.39 is 0 Å². The molecular formula is C9H10ClNO. The Morgan fingerprint density at radius 2 is 2.42 bits per heavy atom. The van der Waals surface area contributed by atoms with E-state index in [2.05, 4.69) is 5.32 Å². The predicted octanol–water partition coefficient (Wildman–Crippen LogP) is 1.84. The molecule has 1 atom stereocenters. The van der Waals surface area contributed by atoms with Crippen molar-refractivity contribution in [2.24, 2.45) is 0 Å². The van der Waals surface area contributed by atoms with Gasteiger partial charge in [0.1, 0.15) is 0 Å². The van der Waals surface area contributed by atoms with Crippen LogP contribution in [0.2, 0.25) is 5.02 Å². The first kappa shape index (κ1) is 7.90. The molecule has 3 heteroatoms. The highest BCUT2D eigenvalue weighted by Crippen LogP contribution is 2.32. The molecule has 2 rings (SSSR count). The Kier molecular flexibility index (Phi) is 1.95. The van der Waals surface area contributed by atoms with Gasteiger partial charge < -0.3 is 10.4 Å². The molecule has 1 aliphatic rings. The van der Waals surface area contributed by atoms with Crippen LogP contribution < -0.4 is 5.32 Å². The van der Waals surface area contributed by atoms with Crippen molar-refractivity contribution in [1.82, 2.24) is 0 Å². The van der Waals surface area contributed by atoms with E-state index in [4.69, 9.17) is 16.7 Å². The van der Waals surface area contributed by atoms with Gasteiger partial charge >= 0.3 is 0 Å². The first-order valence-electron chi connectivity index (χ1n) is 3.95. The first-order chi connectivity index (χ1) is 5.81. The SMILES string of the molecule is OCC1CNc2ccc(Cl)cc21. The summed E-state index contributed by atoms with van der Waals surface area (Å²) in [6.07, 6.45) is 0. The Morgan fingerprint density at radius 1 is 1.58 bits per heavy atom. The molecule has 64 valence electrons. The molecule has 0 radical (unpaired) electrons. The number of hydrogen-bond donors (Lipinski definition) is 2. The monoisotopic (exact) mass is 183 g/mol. The smallest absolute Gasteiger partial charge is 0.0517 e. The van der Waals surface area contributed by atoms with Crippen molar-refractivity contribution in [2.45, 2.75) is 5.92 Å². The molecule has 1 unspecified atom stereocenters. The number of fused-ring (bicyclic) bond motifs is 1. The molecule has 0 fully saturated rings. The lowest BCUT2D eigenvalue weighted by Gasteiger charge is -2.04. The van der Waals surface area contributed by atoms with E-state index in [-0.39, 0.29) is 12.5 Å². The first-order valence-corrected chi connectivity index (χ1v) is 4.33. The fraction of sp³-hybridized carbons (Fsp3) is 0.333. The number of aliphatic hydroxyl groups excluding tert-OH is 1. The van der Waals surface area contributed by atoms with Crippen molar-refractivity contribution in [1.29, 1.82) is 0 Å². The summed E-state index contributed by atoms with van der Waals surface area (Å²) < 4.78 is 0. The highest BCUT2D eigenvalue weighted by atomic mass is 35.5. The minimum atomic E-state index is 0.181. The van der Waals surface area contributed by atoms with Gasteiger partial charge in [0.25, 0.3) is 0 Å². The van der Waals surface area contributed by atoms with Gasteiger partial charge in [-0.05, 0) is 23.8 Å². The van der Waals surface area contributed by atoms with Crippen LogP contribution in [0.3, 0.4) is 0 Å². The summed E-state index contributed by atoms with van der Waals surface area (Å²) >= 11 is 5.84. The molecule has 1 heterocycles. The molecule has 1 aromatic carbocycles. The van der Waals surface area contributed by atoms with Gasteiger partial charge in [-0.3, -0.25) is 0 Å². The third-order valence-corrected chi connectivity index (χ3v) is 2.45. The number of hydrogen-bond acceptors (Lipinski definition) is 2. The fourth-order valence-corrected chi connectivity index (χ4v) is 1.72. The second-order valence-electron chi connectivity index (χ2n) is 2.99. The second kappa shape index (κ2) is 2.96. The summed E-state index contributed by atoms with van der Waals surface area (Å²) in [5.74, 6) is 0.207. The lowest BCUT2D eigenvalue weighted by molar-refractivity contribution is 0.273. The maximum absolute atomic E-state index is 9.02. The number of benzene rings is 1. The maximum Gasteiger partial charge on any atom is 0.0517 e. The Bertz CT molecular complexity index is 301. The second-order valence-corrected chi connectivity index (χ2v) is 3.43. The zero-order chi connectivity index (χ0) is 8.55. The van der Waals surface area contributed by atoms with Crippen LogP contribution in [-0.2, 0) is 0 Å². The van der Waals surface area contributed by atoms with Gasteiger partial charge in [0.15, 0.2) is 0 Å². The van der Waals surface area contributed by atoms with E-state index in [0.717, 1.165) is 22.8 Å². The van der Waals surface area contributed by atoms with Crippen LogP contribution in [0.25, 0.3) is 0 Å². The Hall–Kier alpha value is -0.730. The average Bonchev–Trinajstić information content (AvgIpc) is 2.46. The van der Waals surface area contributed by atoms with Crippen LogP contribution in [-0.4, -0.2) is 18.3 Å². The summed E-state index contributed by atoms with van der Waals surface area (Å²) in [6, 6.07) is 5.72. The van der Waals surface area contributed by atoms with Crippen molar-refractivity contribution in [3.63, 3.8) is 0 Å². The highest BCUT2D eigenvalue weighted by Gasteiger charge is 2.20. The third-order valence-electron chi connectivity index (χ3n) is 2.21. The minimum Gasteiger partial charge on any atom is -0.396 e. The van der Waals surface area contributed by atoms with Gasteiger partial charge in [0.05, 0.1) is 6.61 Å². The minimum absolute atomic E-state index is 0.181. The fourth-order valence-electron chi connectivity index (χ4n) is 1.54. The molecular weight excluding hydrogens is 174 g/mol. The van der Waals surface area contributed by atoms with Crippen molar-refractivity contribution in [2.75, 3.05) is 18.5 Å². The number of aliphatic hydroxyl groups is 1. The Morgan fingerprint density at radius 3 is 3.17 bits per heavy atom. The molecule has 0 aliphatic carbocycles. The van der Waals surface area contributed by atoms with Gasteiger partial charge in [-0.15, -0.1) is 0 Å². The van der Waals surface area contributed by atoms with Crippen LogP contribution in [0.1, 0.15) is 11.5 Å². The van der Waals surface area contributed by atoms with Crippen molar-refractivity contribution in [3.05, 3.63) is 28.8 Å². The zero-order valence-corrected chi connectivity index (χ0v) is 7.30. The van der Waals surface area contributed by atoms with Gasteiger partial charge in [0, 0.05) is 23.2 Å². The summed E-state index contributed by atoms with van der Waals surface area (Å²) in [7, 11) is 0. The van der Waals surface area contributed by atoms with Crippen molar-refractivity contribution >= 4 is 17.3 Å². The number of anilines is 1. The van der Waals surface area contributed by atoms with E-state index >= 15 is 0 Å². The summed E-state index contributed by atoms with van der Waals surface area (Å²) in [5, 5.41) is 13.0. The quantitative estimate of drug-likeness (QED) is 0.697. The molecule has 2 nitrogen and oxygen atoms in total. The molecule has 0 bridgehead atoms. The van der Waals surface area contributed by atoms with Gasteiger partial charge in [-0.1, -0.05) is 11.6 Å². The number of nitrogens with one attached hydrogen (secondary N) is 1. The Labute approximate surface area is 76.2 Å². The van der Waals surface area contributed by atoms with Gasteiger partial charge in [-0.25, -0.2) is 0 Å². The molecule has 0 spiro atoms. The van der Waals surface area contributed by atoms with Crippen molar-refractivity contribution < 1.29 is 5.11 Å². The van der Waals surface area contributed by atoms with Crippen LogP contribution in [0.5, 0.6) is 0 Å². The molecule has 1 aromatic rings. The normalized spacial score (nSPS) is 20.3. The zero-order valence-electron chi connectivity index (χ0n) is 6.55. The lowest BCUT2D eigenvalue weighted by atomic mass is 10.0. The summed E-state index contributed by atoms with van der Waals surface area (Å²) in [6.45, 7) is 0.993. The third kappa shape index (κ3) is 1.17. The van der Waals surface area contributed by atoms with Gasteiger partial charge in [-0.2, -0.15) is 0 Å². The molecule has 0 amide bonds. The van der Waals surface area contributed by atoms with E-state index in [1.54, 1.807) is 0 Å². The van der Waals surface area contributed by atoms with E-state index in [9.17, 15) is 0 Å². The average molecular weight is 184 g/mol. The summed E-state index contributed by atoms with van der Waals surface area (Å²) in [4.78, 5) is 0. The number of halogens is 1. The van der Waals surface area contributed by atoms with Crippen LogP contribution >= 0.6 is 11.6 Å². The van der Waals surface area contributed by atoms with E-state index in [1.165, 1.54) is 0 Å². The molecule has 0 aromatic heterocycles. The number of rotatable bonds is 1. The van der Waals surface area contributed by atoms with E-state index in [1.807, 2.05) is 18.2 Å². The van der Waals surface area contributed by atoms with Crippen molar-refractivity contribution in [3.8, 4) is 0 Å². The molecule has 12 heavy (non-hydrogen) atoms. The maximum atomic E-state index is 9.02. The van der Waals surface area contributed by atoms with Crippen LogP contribution in [0, 0.1) is 0 Å². The van der Waals surface area contributed by atoms with Gasteiger partial charge in [0.2, 0.25) is 0 Å². The molecule has 0 saturated heterocycles. The highest BCUT2D eigenvalue weighted by molar-refractivity contribution is 6.30. The van der Waals surface area contributed by atoms with E-state index in [0.29, 0.717) is 0 Å². The Balaban J connectivity index is 2.42. The predicted molar refractivity (Wildman–Crippen MR) is 49.8 cm³/mol. The largest absolute Gasteiger partial charge is 0.396 e. The molecule has 1 aliphatic heterocycles. The topological polar surface area (TPSA) is 32.3 Å².